The molecule has 0 aliphatic heterocycles. The van der Waals surface area contributed by atoms with Gasteiger partial charge in [0.05, 0.1) is 0 Å². The minimum atomic E-state index is 0.904. The van der Waals surface area contributed by atoms with Crippen LogP contribution in [0.4, 0.5) is 0 Å². The number of aryl methyl sites for hydroxylation is 1. The van der Waals surface area contributed by atoms with E-state index in [9.17, 15) is 0 Å². The molecule has 0 aliphatic carbocycles. The predicted molar refractivity (Wildman–Crippen MR) is 64.7 cm³/mol. The van der Waals surface area contributed by atoms with Crippen LogP contribution in [0.5, 0.6) is 0 Å². The molecule has 0 fully saturated rings. The number of hydrogen-bond acceptors (Lipinski definition) is 0. The number of rotatable bonds is 2. The Balaban J connectivity index is 2.23. The highest BCUT2D eigenvalue weighted by molar-refractivity contribution is 7.30. The maximum Gasteiger partial charge on any atom is 0.00121 e. The predicted octanol–water partition coefficient (Wildman–Crippen LogP) is 3.93. The molecular weight excluding hydrogens is 187 g/mol. The van der Waals surface area contributed by atoms with Gasteiger partial charge in [0.15, 0.2) is 0 Å². The van der Waals surface area contributed by atoms with Gasteiger partial charge in [-0.2, -0.15) is 0 Å². The van der Waals surface area contributed by atoms with Gasteiger partial charge in [-0.05, 0) is 41.6 Å². The van der Waals surface area contributed by atoms with Crippen LogP contribution in [0.25, 0.3) is 0 Å². The van der Waals surface area contributed by atoms with E-state index in [0.717, 1.165) is 14.6 Å². The molecule has 0 aliphatic rings. The highest BCUT2D eigenvalue weighted by Gasteiger charge is 2.02. The normalized spacial score (nSPS) is 11.0. The summed E-state index contributed by atoms with van der Waals surface area (Å²) in [6, 6.07) is 10.7. The Morgan fingerprint density at radius 1 is 1.07 bits per heavy atom. The van der Waals surface area contributed by atoms with Crippen molar-refractivity contribution in [2.75, 3.05) is 0 Å². The molecule has 1 aromatic heterocycles. The molecule has 0 N–H and O–H groups in total. The molecule has 0 radical (unpaired) electrons. The minimum absolute atomic E-state index is 0.904. The molecular formula is C13H15P. The Hall–Kier alpha value is -1.00. The molecule has 2 aromatic rings. The summed E-state index contributed by atoms with van der Waals surface area (Å²) in [5.74, 6) is 2.35. The molecule has 0 saturated carbocycles. The lowest BCUT2D eigenvalue weighted by molar-refractivity contribution is 1.20. The zero-order valence-electron chi connectivity index (χ0n) is 8.67. The Morgan fingerprint density at radius 3 is 2.36 bits per heavy atom. The van der Waals surface area contributed by atoms with E-state index < -0.39 is 0 Å². The third-order valence-electron chi connectivity index (χ3n) is 2.73. The minimum Gasteiger partial charge on any atom is -0.136 e. The molecule has 0 spiro atoms. The van der Waals surface area contributed by atoms with Gasteiger partial charge in [0.25, 0.3) is 0 Å². The molecule has 72 valence electrons. The van der Waals surface area contributed by atoms with E-state index in [1.165, 1.54) is 16.7 Å². The highest BCUT2D eigenvalue weighted by Crippen LogP contribution is 2.27. The second-order valence-electron chi connectivity index (χ2n) is 3.74. The van der Waals surface area contributed by atoms with Crippen LogP contribution in [-0.2, 0) is 6.42 Å². The average Bonchev–Trinajstić information content (AvgIpc) is 2.52. The first kappa shape index (κ1) is 9.55. The third kappa shape index (κ3) is 1.91. The topological polar surface area (TPSA) is 0 Å². The largest absolute Gasteiger partial charge is 0.136 e. The van der Waals surface area contributed by atoms with Gasteiger partial charge in [-0.15, -0.1) is 8.19 Å². The SMILES string of the molecule is Cc1c[pH]c(Cc2ccccc2)c1C. The summed E-state index contributed by atoms with van der Waals surface area (Å²) < 4.78 is 0. The third-order valence-corrected chi connectivity index (χ3v) is 4.21. The standard InChI is InChI=1S/C13H15P/c1-10-9-14-13(11(10)2)8-12-6-4-3-5-7-12/h3-7,9,14H,8H2,1-2H3. The highest BCUT2D eigenvalue weighted by atomic mass is 31.0. The van der Waals surface area contributed by atoms with Crippen molar-refractivity contribution in [3.63, 3.8) is 0 Å². The second kappa shape index (κ2) is 4.02. The van der Waals surface area contributed by atoms with E-state index in [1.807, 2.05) is 0 Å². The summed E-state index contributed by atoms with van der Waals surface area (Å²) in [5.41, 5.74) is 4.40. The molecule has 1 heteroatoms. The maximum absolute atomic E-state index is 2.35. The van der Waals surface area contributed by atoms with Crippen molar-refractivity contribution in [1.82, 2.24) is 0 Å². The zero-order valence-corrected chi connectivity index (χ0v) is 9.67. The number of benzene rings is 1. The fraction of sp³-hybridized carbons (Fsp3) is 0.231. The lowest BCUT2D eigenvalue weighted by Gasteiger charge is -2.01. The Labute approximate surface area is 87.1 Å². The van der Waals surface area contributed by atoms with Crippen LogP contribution in [-0.4, -0.2) is 0 Å². The Morgan fingerprint density at radius 2 is 1.79 bits per heavy atom. The van der Waals surface area contributed by atoms with Crippen molar-refractivity contribution in [1.29, 1.82) is 0 Å². The molecule has 0 bridgehead atoms. The zero-order chi connectivity index (χ0) is 9.97. The quantitative estimate of drug-likeness (QED) is 0.692. The van der Waals surface area contributed by atoms with Gasteiger partial charge in [-0.25, -0.2) is 0 Å². The summed E-state index contributed by atoms with van der Waals surface area (Å²) in [6.07, 6.45) is 1.12. The molecule has 1 atom stereocenters. The molecule has 0 amide bonds. The van der Waals surface area contributed by atoms with Gasteiger partial charge in [0.2, 0.25) is 0 Å². The molecule has 14 heavy (non-hydrogen) atoms. The van der Waals surface area contributed by atoms with Crippen molar-refractivity contribution in [2.45, 2.75) is 20.3 Å². The van der Waals surface area contributed by atoms with Crippen molar-refractivity contribution < 1.29 is 0 Å². The van der Waals surface area contributed by atoms with Crippen molar-refractivity contribution in [2.24, 2.45) is 0 Å². The summed E-state index contributed by atoms with van der Waals surface area (Å²) in [6.45, 7) is 4.45. The average molecular weight is 202 g/mol. The van der Waals surface area contributed by atoms with Gasteiger partial charge in [-0.3, -0.25) is 0 Å². The van der Waals surface area contributed by atoms with Gasteiger partial charge < -0.3 is 0 Å². The summed E-state index contributed by atoms with van der Waals surface area (Å²) in [4.78, 5) is 0. The molecule has 1 aromatic carbocycles. The summed E-state index contributed by atoms with van der Waals surface area (Å²) in [5, 5.41) is 1.61. The van der Waals surface area contributed by atoms with Gasteiger partial charge >= 0.3 is 0 Å². The summed E-state index contributed by atoms with van der Waals surface area (Å²) >= 11 is 0. The monoisotopic (exact) mass is 202 g/mol. The van der Waals surface area contributed by atoms with Crippen molar-refractivity contribution in [3.8, 4) is 0 Å². The Kier molecular flexibility index (Phi) is 2.74. The van der Waals surface area contributed by atoms with Gasteiger partial charge in [-0.1, -0.05) is 30.3 Å². The van der Waals surface area contributed by atoms with E-state index in [1.54, 1.807) is 5.30 Å². The summed E-state index contributed by atoms with van der Waals surface area (Å²) in [7, 11) is 0.904. The van der Waals surface area contributed by atoms with E-state index in [-0.39, 0.29) is 0 Å². The fourth-order valence-electron chi connectivity index (χ4n) is 1.63. The smallest absolute Gasteiger partial charge is 0.00121 e. The van der Waals surface area contributed by atoms with Crippen LogP contribution in [0, 0.1) is 13.8 Å². The van der Waals surface area contributed by atoms with Crippen LogP contribution >= 0.6 is 8.19 Å². The van der Waals surface area contributed by atoms with Crippen molar-refractivity contribution >= 4 is 8.19 Å². The van der Waals surface area contributed by atoms with E-state index in [0.29, 0.717) is 0 Å². The second-order valence-corrected chi connectivity index (χ2v) is 4.92. The first-order valence-electron chi connectivity index (χ1n) is 4.95. The lowest BCUT2D eigenvalue weighted by Crippen LogP contribution is -1.86. The van der Waals surface area contributed by atoms with Crippen LogP contribution < -0.4 is 0 Å². The molecule has 2 rings (SSSR count). The first-order valence-corrected chi connectivity index (χ1v) is 6.02. The van der Waals surface area contributed by atoms with Crippen LogP contribution in [0.1, 0.15) is 22.0 Å². The fourth-order valence-corrected chi connectivity index (χ4v) is 2.96. The number of hydrogen-bond donors (Lipinski definition) is 0. The maximum atomic E-state index is 2.35. The van der Waals surface area contributed by atoms with Crippen LogP contribution in [0.3, 0.4) is 0 Å². The van der Waals surface area contributed by atoms with Crippen molar-refractivity contribution in [3.05, 3.63) is 58.1 Å². The van der Waals surface area contributed by atoms with E-state index in [2.05, 4.69) is 50.0 Å². The van der Waals surface area contributed by atoms with E-state index in [4.69, 9.17) is 0 Å². The van der Waals surface area contributed by atoms with Crippen LogP contribution in [0.2, 0.25) is 0 Å². The van der Waals surface area contributed by atoms with Gasteiger partial charge in [0.1, 0.15) is 0 Å². The first-order chi connectivity index (χ1) is 6.77. The molecule has 0 saturated heterocycles. The molecule has 0 nitrogen and oxygen atoms in total. The molecule has 1 unspecified atom stereocenters. The van der Waals surface area contributed by atoms with Crippen LogP contribution in [0.15, 0.2) is 36.1 Å². The van der Waals surface area contributed by atoms with Gasteiger partial charge in [0, 0.05) is 6.42 Å². The Bertz CT molecular complexity index is 412. The lowest BCUT2D eigenvalue weighted by atomic mass is 10.1. The van der Waals surface area contributed by atoms with E-state index >= 15 is 0 Å². The molecule has 1 heterocycles.